The van der Waals surface area contributed by atoms with E-state index in [-0.39, 0.29) is 24.5 Å². The Balaban J connectivity index is 1.66. The van der Waals surface area contributed by atoms with Crippen molar-refractivity contribution in [3.63, 3.8) is 0 Å². The predicted molar refractivity (Wildman–Crippen MR) is 99.9 cm³/mol. The van der Waals surface area contributed by atoms with Crippen LogP contribution in [0.2, 0.25) is 0 Å². The van der Waals surface area contributed by atoms with E-state index >= 15 is 0 Å². The Morgan fingerprint density at radius 3 is 2.50 bits per heavy atom. The SMILES string of the molecule is O=C(O)CCNC(=O)N1CCN(Cc2ccccc2)C2(CCCCC2)C1. The summed E-state index contributed by atoms with van der Waals surface area (Å²) in [6.45, 7) is 3.40. The molecule has 1 saturated carbocycles. The lowest BCUT2D eigenvalue weighted by Gasteiger charge is -2.53. The van der Waals surface area contributed by atoms with Gasteiger partial charge in [-0.1, -0.05) is 49.6 Å². The fraction of sp³-hybridized carbons (Fsp3) is 0.600. The van der Waals surface area contributed by atoms with Crippen LogP contribution in [0.3, 0.4) is 0 Å². The number of carbonyl (C=O) groups is 2. The minimum absolute atomic E-state index is 0.0369. The summed E-state index contributed by atoms with van der Waals surface area (Å²) in [6, 6.07) is 10.4. The molecule has 2 N–H and O–H groups in total. The first-order valence-electron chi connectivity index (χ1n) is 9.63. The molecular formula is C20H29N3O3. The summed E-state index contributed by atoms with van der Waals surface area (Å²) in [4.78, 5) is 27.6. The highest BCUT2D eigenvalue weighted by molar-refractivity contribution is 5.75. The zero-order valence-corrected chi connectivity index (χ0v) is 15.3. The number of amides is 2. The lowest BCUT2D eigenvalue weighted by molar-refractivity contribution is -0.136. The Bertz CT molecular complexity index is 614. The molecule has 1 spiro atoms. The fourth-order valence-corrected chi connectivity index (χ4v) is 4.31. The molecule has 1 saturated heterocycles. The molecule has 2 amide bonds. The van der Waals surface area contributed by atoms with Crippen molar-refractivity contribution in [1.29, 1.82) is 0 Å². The van der Waals surface area contributed by atoms with Crippen LogP contribution in [-0.2, 0) is 11.3 Å². The second-order valence-corrected chi connectivity index (χ2v) is 7.49. The van der Waals surface area contributed by atoms with Crippen molar-refractivity contribution < 1.29 is 14.7 Å². The van der Waals surface area contributed by atoms with Crippen LogP contribution in [0, 0.1) is 0 Å². The number of nitrogens with zero attached hydrogens (tertiary/aromatic N) is 2. The lowest BCUT2D eigenvalue weighted by Crippen LogP contribution is -2.64. The fourth-order valence-electron chi connectivity index (χ4n) is 4.31. The van der Waals surface area contributed by atoms with Crippen LogP contribution in [0.1, 0.15) is 44.1 Å². The second kappa shape index (κ2) is 8.54. The molecule has 3 rings (SSSR count). The van der Waals surface area contributed by atoms with Gasteiger partial charge in [0.2, 0.25) is 0 Å². The largest absolute Gasteiger partial charge is 0.481 e. The van der Waals surface area contributed by atoms with Crippen molar-refractivity contribution in [3.8, 4) is 0 Å². The van der Waals surface area contributed by atoms with Crippen molar-refractivity contribution in [3.05, 3.63) is 35.9 Å². The van der Waals surface area contributed by atoms with E-state index in [4.69, 9.17) is 5.11 Å². The minimum Gasteiger partial charge on any atom is -0.481 e. The first-order chi connectivity index (χ1) is 12.6. The monoisotopic (exact) mass is 359 g/mol. The van der Waals surface area contributed by atoms with E-state index in [1.54, 1.807) is 0 Å². The molecule has 0 unspecified atom stereocenters. The van der Waals surface area contributed by atoms with Crippen LogP contribution in [0.25, 0.3) is 0 Å². The molecule has 6 heteroatoms. The topological polar surface area (TPSA) is 72.9 Å². The standard InChI is InChI=1S/C20H29N3O3/c24-18(25)9-12-21-19(26)22-13-14-23(15-17-7-3-1-4-8-17)20(16-22)10-5-2-6-11-20/h1,3-4,7-8H,2,5-6,9-16H2,(H,21,26)(H,24,25). The van der Waals surface area contributed by atoms with Gasteiger partial charge in [-0.15, -0.1) is 0 Å². The van der Waals surface area contributed by atoms with E-state index in [9.17, 15) is 9.59 Å². The number of rotatable bonds is 5. The molecule has 2 aliphatic rings. The molecule has 1 aliphatic heterocycles. The van der Waals surface area contributed by atoms with Crippen molar-refractivity contribution in [1.82, 2.24) is 15.1 Å². The lowest BCUT2D eigenvalue weighted by atomic mass is 9.78. The second-order valence-electron chi connectivity index (χ2n) is 7.49. The Kier molecular flexibility index (Phi) is 6.14. The Hall–Kier alpha value is -2.08. The van der Waals surface area contributed by atoms with Crippen molar-refractivity contribution >= 4 is 12.0 Å². The molecule has 0 aromatic heterocycles. The molecule has 1 aliphatic carbocycles. The highest BCUT2D eigenvalue weighted by Gasteiger charge is 2.43. The summed E-state index contributed by atoms with van der Waals surface area (Å²) >= 11 is 0. The van der Waals surface area contributed by atoms with E-state index in [1.807, 2.05) is 11.0 Å². The number of carboxylic acids is 1. The minimum atomic E-state index is -0.887. The molecule has 26 heavy (non-hydrogen) atoms. The first kappa shape index (κ1) is 18.7. The summed E-state index contributed by atoms with van der Waals surface area (Å²) in [5.74, 6) is -0.887. The van der Waals surface area contributed by atoms with Gasteiger partial charge in [-0.25, -0.2) is 4.79 Å². The third kappa shape index (κ3) is 4.55. The highest BCUT2D eigenvalue weighted by Crippen LogP contribution is 2.37. The molecule has 6 nitrogen and oxygen atoms in total. The molecule has 142 valence electrons. The Morgan fingerprint density at radius 1 is 1.08 bits per heavy atom. The van der Waals surface area contributed by atoms with E-state index in [2.05, 4.69) is 34.5 Å². The van der Waals surface area contributed by atoms with Gasteiger partial charge in [-0.05, 0) is 18.4 Å². The van der Waals surface area contributed by atoms with Crippen LogP contribution < -0.4 is 5.32 Å². The highest BCUT2D eigenvalue weighted by atomic mass is 16.4. The number of carboxylic acid groups (broad SMARTS) is 1. The molecule has 0 radical (unpaired) electrons. The van der Waals surface area contributed by atoms with Gasteiger partial charge in [0.15, 0.2) is 0 Å². The maximum atomic E-state index is 12.5. The molecular weight excluding hydrogens is 330 g/mol. The number of hydrogen-bond donors (Lipinski definition) is 2. The molecule has 1 heterocycles. The number of benzene rings is 1. The van der Waals surface area contributed by atoms with Crippen LogP contribution in [-0.4, -0.2) is 58.6 Å². The third-order valence-corrected chi connectivity index (χ3v) is 5.70. The van der Waals surface area contributed by atoms with Crippen LogP contribution in [0.4, 0.5) is 4.79 Å². The molecule has 0 bridgehead atoms. The van der Waals surface area contributed by atoms with Crippen molar-refractivity contribution in [2.75, 3.05) is 26.2 Å². The van der Waals surface area contributed by atoms with Crippen molar-refractivity contribution in [2.45, 2.75) is 50.6 Å². The number of urea groups is 1. The van der Waals surface area contributed by atoms with Gasteiger partial charge in [0.05, 0.1) is 6.42 Å². The van der Waals surface area contributed by atoms with E-state index in [0.717, 1.165) is 32.5 Å². The van der Waals surface area contributed by atoms with Gasteiger partial charge in [0.25, 0.3) is 0 Å². The number of aliphatic carboxylic acids is 1. The number of hydrogen-bond acceptors (Lipinski definition) is 3. The summed E-state index contributed by atoms with van der Waals surface area (Å²) in [5, 5.41) is 11.5. The van der Waals surface area contributed by atoms with Gasteiger partial charge in [-0.3, -0.25) is 9.69 Å². The van der Waals surface area contributed by atoms with Gasteiger partial charge in [0, 0.05) is 38.3 Å². The predicted octanol–water partition coefficient (Wildman–Crippen LogP) is 2.69. The van der Waals surface area contributed by atoms with Crippen molar-refractivity contribution in [2.24, 2.45) is 0 Å². The zero-order valence-electron chi connectivity index (χ0n) is 15.3. The quantitative estimate of drug-likeness (QED) is 0.848. The average molecular weight is 359 g/mol. The Morgan fingerprint density at radius 2 is 1.81 bits per heavy atom. The van der Waals surface area contributed by atoms with Gasteiger partial charge < -0.3 is 15.3 Å². The van der Waals surface area contributed by atoms with Crippen LogP contribution in [0.5, 0.6) is 0 Å². The summed E-state index contributed by atoms with van der Waals surface area (Å²) in [7, 11) is 0. The van der Waals surface area contributed by atoms with Crippen LogP contribution in [0.15, 0.2) is 30.3 Å². The maximum absolute atomic E-state index is 12.5. The molecule has 1 aromatic rings. The zero-order chi connectivity index (χ0) is 18.4. The summed E-state index contributed by atoms with van der Waals surface area (Å²) < 4.78 is 0. The Labute approximate surface area is 155 Å². The molecule has 0 atom stereocenters. The normalized spacial score (nSPS) is 20.1. The van der Waals surface area contributed by atoms with E-state index < -0.39 is 5.97 Å². The molecule has 2 fully saturated rings. The molecule has 1 aromatic carbocycles. The first-order valence-corrected chi connectivity index (χ1v) is 9.63. The van der Waals surface area contributed by atoms with Gasteiger partial charge >= 0.3 is 12.0 Å². The van der Waals surface area contributed by atoms with E-state index in [1.165, 1.54) is 24.8 Å². The summed E-state index contributed by atoms with van der Waals surface area (Å²) in [6.07, 6.45) is 5.90. The summed E-state index contributed by atoms with van der Waals surface area (Å²) in [5.41, 5.74) is 1.37. The number of nitrogens with one attached hydrogen (secondary N) is 1. The van der Waals surface area contributed by atoms with Gasteiger partial charge in [0.1, 0.15) is 0 Å². The number of carbonyl (C=O) groups excluding carboxylic acids is 1. The average Bonchev–Trinajstić information content (AvgIpc) is 2.65. The van der Waals surface area contributed by atoms with Crippen LogP contribution >= 0.6 is 0 Å². The van der Waals surface area contributed by atoms with Gasteiger partial charge in [-0.2, -0.15) is 0 Å². The smallest absolute Gasteiger partial charge is 0.317 e. The van der Waals surface area contributed by atoms with E-state index in [0.29, 0.717) is 6.54 Å². The number of piperazine rings is 1. The maximum Gasteiger partial charge on any atom is 0.317 e. The third-order valence-electron chi connectivity index (χ3n) is 5.70.